The molecular weight excluding hydrogens is 268 g/mol. The molecule has 1 aliphatic rings. The molecule has 0 aliphatic carbocycles. The Labute approximate surface area is 126 Å². The van der Waals surface area contributed by atoms with E-state index in [0.717, 1.165) is 30.4 Å². The van der Waals surface area contributed by atoms with Gasteiger partial charge in [-0.25, -0.2) is 14.8 Å². The molecule has 1 fully saturated rings. The zero-order chi connectivity index (χ0) is 15.6. The topological polar surface area (TPSA) is 58.6 Å². The SMILES string of the molecule is Cc1cc(N2CCN(C(=O)OC(C)(C)C)CC2)nc(C)n1. The monoisotopic (exact) mass is 292 g/mol. The third-order valence-electron chi connectivity index (χ3n) is 3.21. The summed E-state index contributed by atoms with van der Waals surface area (Å²) in [6.07, 6.45) is -0.239. The Kier molecular flexibility index (Phi) is 4.34. The van der Waals surface area contributed by atoms with Gasteiger partial charge in [-0.05, 0) is 34.6 Å². The van der Waals surface area contributed by atoms with Gasteiger partial charge in [0.1, 0.15) is 17.2 Å². The highest BCUT2D eigenvalue weighted by Crippen LogP contribution is 2.16. The summed E-state index contributed by atoms with van der Waals surface area (Å²) in [5, 5.41) is 0. The van der Waals surface area contributed by atoms with Crippen molar-refractivity contribution in [3.63, 3.8) is 0 Å². The summed E-state index contributed by atoms with van der Waals surface area (Å²) in [6.45, 7) is 12.3. The molecule has 1 aromatic rings. The summed E-state index contributed by atoms with van der Waals surface area (Å²) in [6, 6.07) is 1.98. The summed E-state index contributed by atoms with van der Waals surface area (Å²) >= 11 is 0. The number of aryl methyl sites for hydroxylation is 2. The molecule has 1 aliphatic heterocycles. The fraction of sp³-hybridized carbons (Fsp3) is 0.667. The second-order valence-electron chi connectivity index (χ2n) is 6.37. The largest absolute Gasteiger partial charge is 0.444 e. The van der Waals surface area contributed by atoms with Crippen LogP contribution in [0.4, 0.5) is 10.6 Å². The Morgan fingerprint density at radius 2 is 1.76 bits per heavy atom. The zero-order valence-electron chi connectivity index (χ0n) is 13.5. The normalized spacial score (nSPS) is 16.0. The number of hydrogen-bond acceptors (Lipinski definition) is 5. The molecule has 0 bridgehead atoms. The van der Waals surface area contributed by atoms with Crippen molar-refractivity contribution in [2.75, 3.05) is 31.1 Å². The van der Waals surface area contributed by atoms with E-state index in [0.29, 0.717) is 13.1 Å². The molecule has 6 heteroatoms. The lowest BCUT2D eigenvalue weighted by Crippen LogP contribution is -2.50. The van der Waals surface area contributed by atoms with Crippen LogP contribution in [0.15, 0.2) is 6.07 Å². The zero-order valence-corrected chi connectivity index (χ0v) is 13.5. The van der Waals surface area contributed by atoms with Gasteiger partial charge < -0.3 is 14.5 Å². The Bertz CT molecular complexity index is 497. The third kappa shape index (κ3) is 4.31. The highest BCUT2D eigenvalue weighted by Gasteiger charge is 2.26. The number of aromatic nitrogens is 2. The second-order valence-corrected chi connectivity index (χ2v) is 6.37. The van der Waals surface area contributed by atoms with Crippen LogP contribution >= 0.6 is 0 Å². The smallest absolute Gasteiger partial charge is 0.410 e. The van der Waals surface area contributed by atoms with E-state index in [2.05, 4.69) is 14.9 Å². The van der Waals surface area contributed by atoms with Gasteiger partial charge in [0.05, 0.1) is 0 Å². The molecule has 2 rings (SSSR count). The average molecular weight is 292 g/mol. The van der Waals surface area contributed by atoms with Crippen LogP contribution in [0, 0.1) is 13.8 Å². The van der Waals surface area contributed by atoms with Crippen molar-refractivity contribution in [3.05, 3.63) is 17.6 Å². The van der Waals surface area contributed by atoms with Gasteiger partial charge >= 0.3 is 6.09 Å². The maximum Gasteiger partial charge on any atom is 0.410 e. The Balaban J connectivity index is 1.95. The van der Waals surface area contributed by atoms with E-state index >= 15 is 0 Å². The number of piperazine rings is 1. The van der Waals surface area contributed by atoms with Gasteiger partial charge in [0, 0.05) is 37.9 Å². The summed E-state index contributed by atoms with van der Waals surface area (Å²) in [4.78, 5) is 24.7. The third-order valence-corrected chi connectivity index (χ3v) is 3.21. The van der Waals surface area contributed by atoms with Gasteiger partial charge in [-0.2, -0.15) is 0 Å². The van der Waals surface area contributed by atoms with Gasteiger partial charge in [-0.1, -0.05) is 0 Å². The van der Waals surface area contributed by atoms with Crippen LogP contribution < -0.4 is 4.90 Å². The van der Waals surface area contributed by atoms with Crippen LogP contribution in [0.5, 0.6) is 0 Å². The van der Waals surface area contributed by atoms with Crippen molar-refractivity contribution in [3.8, 4) is 0 Å². The van der Waals surface area contributed by atoms with E-state index in [1.165, 1.54) is 0 Å². The summed E-state index contributed by atoms with van der Waals surface area (Å²) in [5.41, 5.74) is 0.516. The minimum atomic E-state index is -0.449. The van der Waals surface area contributed by atoms with Crippen molar-refractivity contribution in [2.45, 2.75) is 40.2 Å². The van der Waals surface area contributed by atoms with E-state index in [4.69, 9.17) is 4.74 Å². The maximum atomic E-state index is 12.0. The molecule has 2 heterocycles. The second kappa shape index (κ2) is 5.87. The van der Waals surface area contributed by atoms with Crippen LogP contribution in [-0.2, 0) is 4.74 Å². The van der Waals surface area contributed by atoms with Crippen LogP contribution in [0.25, 0.3) is 0 Å². The molecule has 0 aromatic carbocycles. The molecule has 0 atom stereocenters. The highest BCUT2D eigenvalue weighted by atomic mass is 16.6. The number of hydrogen-bond donors (Lipinski definition) is 0. The number of nitrogens with zero attached hydrogens (tertiary/aromatic N) is 4. The van der Waals surface area contributed by atoms with Gasteiger partial charge in [-0.15, -0.1) is 0 Å². The maximum absolute atomic E-state index is 12.0. The van der Waals surface area contributed by atoms with E-state index in [1.807, 2.05) is 40.7 Å². The van der Waals surface area contributed by atoms with Crippen molar-refractivity contribution in [1.29, 1.82) is 0 Å². The van der Waals surface area contributed by atoms with Crippen molar-refractivity contribution >= 4 is 11.9 Å². The van der Waals surface area contributed by atoms with Gasteiger partial charge in [0.2, 0.25) is 0 Å². The first-order chi connectivity index (χ1) is 9.74. The molecule has 0 N–H and O–H groups in total. The van der Waals surface area contributed by atoms with Crippen molar-refractivity contribution in [2.24, 2.45) is 0 Å². The first-order valence-electron chi connectivity index (χ1n) is 7.30. The molecule has 0 saturated carbocycles. The Hall–Kier alpha value is -1.85. The standard InChI is InChI=1S/C15H24N4O2/c1-11-10-13(17-12(2)16-11)18-6-8-19(9-7-18)14(20)21-15(3,4)5/h10H,6-9H2,1-5H3. The number of carbonyl (C=O) groups is 1. The first kappa shape index (κ1) is 15.5. The van der Waals surface area contributed by atoms with E-state index in [-0.39, 0.29) is 6.09 Å². The number of rotatable bonds is 1. The lowest BCUT2D eigenvalue weighted by atomic mass is 10.2. The van der Waals surface area contributed by atoms with E-state index < -0.39 is 5.60 Å². The van der Waals surface area contributed by atoms with Crippen LogP contribution in [0.1, 0.15) is 32.3 Å². The average Bonchev–Trinajstić information content (AvgIpc) is 2.35. The number of carbonyl (C=O) groups excluding carboxylic acids is 1. The minimum absolute atomic E-state index is 0.239. The Morgan fingerprint density at radius 1 is 1.14 bits per heavy atom. The summed E-state index contributed by atoms with van der Waals surface area (Å²) in [5.74, 6) is 1.71. The number of anilines is 1. The minimum Gasteiger partial charge on any atom is -0.444 e. The van der Waals surface area contributed by atoms with Crippen molar-refractivity contribution in [1.82, 2.24) is 14.9 Å². The molecule has 116 valence electrons. The fourth-order valence-corrected chi connectivity index (χ4v) is 2.30. The quantitative estimate of drug-likeness (QED) is 0.794. The fourth-order valence-electron chi connectivity index (χ4n) is 2.30. The lowest BCUT2D eigenvalue weighted by Gasteiger charge is -2.36. The molecule has 0 spiro atoms. The predicted octanol–water partition coefficient (Wildman–Crippen LogP) is 2.15. The number of ether oxygens (including phenoxy) is 1. The molecule has 21 heavy (non-hydrogen) atoms. The molecule has 0 unspecified atom stereocenters. The highest BCUT2D eigenvalue weighted by molar-refractivity contribution is 5.68. The lowest BCUT2D eigenvalue weighted by molar-refractivity contribution is 0.0240. The molecule has 6 nitrogen and oxygen atoms in total. The molecule has 0 radical (unpaired) electrons. The molecular formula is C15H24N4O2. The molecule has 1 amide bonds. The van der Waals surface area contributed by atoms with E-state index in [1.54, 1.807) is 4.90 Å². The number of amides is 1. The van der Waals surface area contributed by atoms with Gasteiger partial charge in [-0.3, -0.25) is 0 Å². The van der Waals surface area contributed by atoms with Gasteiger partial charge in [0.25, 0.3) is 0 Å². The summed E-state index contributed by atoms with van der Waals surface area (Å²) < 4.78 is 5.40. The van der Waals surface area contributed by atoms with Gasteiger partial charge in [0.15, 0.2) is 0 Å². The van der Waals surface area contributed by atoms with Crippen molar-refractivity contribution < 1.29 is 9.53 Å². The van der Waals surface area contributed by atoms with Crippen LogP contribution in [0.2, 0.25) is 0 Å². The first-order valence-corrected chi connectivity index (χ1v) is 7.30. The predicted molar refractivity (Wildman–Crippen MR) is 81.5 cm³/mol. The van der Waals surface area contributed by atoms with E-state index in [9.17, 15) is 4.79 Å². The Morgan fingerprint density at radius 3 is 2.29 bits per heavy atom. The summed E-state index contributed by atoms with van der Waals surface area (Å²) in [7, 11) is 0. The van der Waals surface area contributed by atoms with Crippen LogP contribution in [-0.4, -0.2) is 52.7 Å². The molecule has 1 aromatic heterocycles. The van der Waals surface area contributed by atoms with Crippen LogP contribution in [0.3, 0.4) is 0 Å². The molecule has 1 saturated heterocycles.